The van der Waals surface area contributed by atoms with Crippen LogP contribution in [0.5, 0.6) is 0 Å². The van der Waals surface area contributed by atoms with Gasteiger partial charge in [-0.3, -0.25) is 0 Å². The molecule has 1 unspecified atom stereocenters. The van der Waals surface area contributed by atoms with Crippen LogP contribution in [-0.2, 0) is 0 Å². The lowest BCUT2D eigenvalue weighted by atomic mass is 9.91. The maximum Gasteiger partial charge on any atom is 0.227 e. The van der Waals surface area contributed by atoms with Crippen molar-refractivity contribution in [2.24, 2.45) is 0 Å². The molecule has 3 heterocycles. The minimum absolute atomic E-state index is 0.306. The van der Waals surface area contributed by atoms with E-state index in [2.05, 4.69) is 149 Å². The number of aromatic nitrogens is 2. The normalized spacial score (nSPS) is 14.4. The number of allylic oxidation sites excluding steroid dienone is 3. The van der Waals surface area contributed by atoms with Gasteiger partial charge in [0.1, 0.15) is 11.1 Å². The number of benzene rings is 7. The third-order valence-corrected chi connectivity index (χ3v) is 10.8. The molecule has 1 atom stereocenters. The van der Waals surface area contributed by atoms with E-state index in [0.717, 1.165) is 73.3 Å². The lowest BCUT2D eigenvalue weighted by Gasteiger charge is -2.29. The van der Waals surface area contributed by atoms with E-state index in [4.69, 9.17) is 13.8 Å². The summed E-state index contributed by atoms with van der Waals surface area (Å²) >= 11 is 0. The van der Waals surface area contributed by atoms with Crippen LogP contribution in [-0.4, -0.2) is 9.55 Å². The highest BCUT2D eigenvalue weighted by molar-refractivity contribution is 6.19. The summed E-state index contributed by atoms with van der Waals surface area (Å²) in [6.45, 7) is 0. The number of oxazole rings is 1. The standard InChI is InChI=1S/C49H33N3O2/c1-4-13-32(14-5-1)33-23-25-36(26-24-33)51(37-27-28-39-38-19-10-11-21-42(38)52(44(39)31-37)35-17-8-3-9-18-35)43-22-12-20-40-46-45(53-47(40)43)30-29-41-48(46)54-49(50-41)34-15-6-2-7-16-34/h1-23,25-31,33H,24H2. The molecule has 0 N–H and O–H groups in total. The van der Waals surface area contributed by atoms with Crippen LogP contribution in [0.15, 0.2) is 197 Å². The molecule has 0 bridgehead atoms. The first kappa shape index (κ1) is 30.5. The Morgan fingerprint density at radius 1 is 0.611 bits per heavy atom. The van der Waals surface area contributed by atoms with Gasteiger partial charge in [-0.15, -0.1) is 0 Å². The van der Waals surface area contributed by atoms with Gasteiger partial charge in [0.05, 0.1) is 22.1 Å². The van der Waals surface area contributed by atoms with Gasteiger partial charge in [0.25, 0.3) is 0 Å². The van der Waals surface area contributed by atoms with Crippen LogP contribution < -0.4 is 4.90 Å². The second-order valence-corrected chi connectivity index (χ2v) is 13.9. The predicted molar refractivity (Wildman–Crippen MR) is 221 cm³/mol. The molecule has 0 saturated carbocycles. The molecule has 0 radical (unpaired) electrons. The van der Waals surface area contributed by atoms with Crippen molar-refractivity contribution in [3.05, 3.63) is 193 Å². The molecule has 0 amide bonds. The number of fused-ring (bicyclic) bond motifs is 8. The Kier molecular flexibility index (Phi) is 6.92. The molecule has 7 aromatic carbocycles. The monoisotopic (exact) mass is 695 g/mol. The maximum atomic E-state index is 6.83. The minimum Gasteiger partial charge on any atom is -0.454 e. The largest absolute Gasteiger partial charge is 0.454 e. The lowest BCUT2D eigenvalue weighted by molar-refractivity contribution is 0.622. The van der Waals surface area contributed by atoms with Gasteiger partial charge in [-0.05, 0) is 78.7 Å². The van der Waals surface area contributed by atoms with Gasteiger partial charge >= 0.3 is 0 Å². The summed E-state index contributed by atoms with van der Waals surface area (Å²) in [5, 5.41) is 4.34. The number of rotatable bonds is 6. The van der Waals surface area contributed by atoms with Crippen LogP contribution in [0, 0.1) is 0 Å². The number of para-hydroxylation sites is 3. The van der Waals surface area contributed by atoms with Crippen molar-refractivity contribution in [2.75, 3.05) is 4.90 Å². The molecule has 0 spiro atoms. The van der Waals surface area contributed by atoms with Crippen molar-refractivity contribution in [2.45, 2.75) is 12.3 Å². The van der Waals surface area contributed by atoms with Crippen LogP contribution in [0.2, 0.25) is 0 Å². The van der Waals surface area contributed by atoms with E-state index >= 15 is 0 Å². The van der Waals surface area contributed by atoms with Crippen LogP contribution in [0.4, 0.5) is 11.4 Å². The predicted octanol–water partition coefficient (Wildman–Crippen LogP) is 13.3. The molecule has 0 saturated heterocycles. The highest BCUT2D eigenvalue weighted by Crippen LogP contribution is 2.45. The summed E-state index contributed by atoms with van der Waals surface area (Å²) < 4.78 is 15.7. The second-order valence-electron chi connectivity index (χ2n) is 13.9. The smallest absolute Gasteiger partial charge is 0.227 e. The summed E-state index contributed by atoms with van der Waals surface area (Å²) in [6, 6.07) is 57.3. The minimum atomic E-state index is 0.306. The quantitative estimate of drug-likeness (QED) is 0.174. The highest BCUT2D eigenvalue weighted by Gasteiger charge is 2.25. The van der Waals surface area contributed by atoms with Gasteiger partial charge in [-0.2, -0.15) is 0 Å². The Bertz CT molecular complexity index is 3080. The van der Waals surface area contributed by atoms with Crippen LogP contribution in [0.3, 0.4) is 0 Å². The lowest BCUT2D eigenvalue weighted by Crippen LogP contribution is -2.17. The Hall–Kier alpha value is -7.11. The molecule has 0 aliphatic heterocycles. The molecule has 11 rings (SSSR count). The van der Waals surface area contributed by atoms with Crippen molar-refractivity contribution < 1.29 is 8.83 Å². The molecule has 5 nitrogen and oxygen atoms in total. The topological polar surface area (TPSA) is 47.3 Å². The Morgan fingerprint density at radius 3 is 2.17 bits per heavy atom. The molecule has 5 heteroatoms. The van der Waals surface area contributed by atoms with Gasteiger partial charge in [-0.25, -0.2) is 4.98 Å². The first-order valence-corrected chi connectivity index (χ1v) is 18.4. The fourth-order valence-corrected chi connectivity index (χ4v) is 8.24. The van der Waals surface area contributed by atoms with E-state index < -0.39 is 0 Å². The molecule has 1 aliphatic rings. The molecule has 256 valence electrons. The van der Waals surface area contributed by atoms with Crippen molar-refractivity contribution in [3.8, 4) is 17.1 Å². The molecule has 3 aromatic heterocycles. The SMILES string of the molecule is C1=CC(c2ccccc2)CC=C1N(c1ccc2c3ccccc3n(-c3ccccc3)c2c1)c1cccc2c1oc1ccc3nc(-c4ccccc4)oc3c12. The average Bonchev–Trinajstić information content (AvgIpc) is 3.94. The first-order chi connectivity index (χ1) is 26.8. The Balaban J connectivity index is 1.13. The Morgan fingerprint density at radius 2 is 1.35 bits per heavy atom. The van der Waals surface area contributed by atoms with Crippen LogP contribution in [0.1, 0.15) is 17.9 Å². The molecular weight excluding hydrogens is 663 g/mol. The summed E-state index contributed by atoms with van der Waals surface area (Å²) in [4.78, 5) is 7.22. The van der Waals surface area contributed by atoms with E-state index in [0.29, 0.717) is 11.8 Å². The number of anilines is 2. The van der Waals surface area contributed by atoms with E-state index in [1.165, 1.54) is 21.9 Å². The third-order valence-electron chi connectivity index (χ3n) is 10.8. The van der Waals surface area contributed by atoms with E-state index in [-0.39, 0.29) is 0 Å². The second kappa shape index (κ2) is 12.2. The Labute approximate surface area is 311 Å². The third kappa shape index (κ3) is 4.82. The molecule has 10 aromatic rings. The van der Waals surface area contributed by atoms with Crippen molar-refractivity contribution >= 4 is 66.2 Å². The fourth-order valence-electron chi connectivity index (χ4n) is 8.24. The van der Waals surface area contributed by atoms with Gasteiger partial charge < -0.3 is 18.3 Å². The van der Waals surface area contributed by atoms with Gasteiger partial charge in [0.2, 0.25) is 5.89 Å². The van der Waals surface area contributed by atoms with Crippen molar-refractivity contribution in [3.63, 3.8) is 0 Å². The number of hydrogen-bond donors (Lipinski definition) is 0. The van der Waals surface area contributed by atoms with Gasteiger partial charge in [0.15, 0.2) is 11.2 Å². The van der Waals surface area contributed by atoms with E-state index in [1.54, 1.807) is 0 Å². The van der Waals surface area contributed by atoms with Crippen LogP contribution >= 0.6 is 0 Å². The average molecular weight is 696 g/mol. The summed E-state index contributed by atoms with van der Waals surface area (Å²) in [5.74, 6) is 0.901. The number of nitrogens with zero attached hydrogens (tertiary/aromatic N) is 3. The van der Waals surface area contributed by atoms with E-state index in [9.17, 15) is 0 Å². The highest BCUT2D eigenvalue weighted by atomic mass is 16.4. The zero-order chi connectivity index (χ0) is 35.6. The van der Waals surface area contributed by atoms with Gasteiger partial charge in [-0.1, -0.05) is 115 Å². The van der Waals surface area contributed by atoms with Gasteiger partial charge in [0, 0.05) is 44.7 Å². The maximum absolute atomic E-state index is 6.83. The molecular formula is C49H33N3O2. The zero-order valence-electron chi connectivity index (χ0n) is 29.3. The molecule has 54 heavy (non-hydrogen) atoms. The van der Waals surface area contributed by atoms with Crippen molar-refractivity contribution in [1.29, 1.82) is 0 Å². The first-order valence-electron chi connectivity index (χ1n) is 18.4. The summed E-state index contributed by atoms with van der Waals surface area (Å²) in [7, 11) is 0. The summed E-state index contributed by atoms with van der Waals surface area (Å²) in [6.07, 6.45) is 7.84. The fraction of sp³-hybridized carbons (Fsp3) is 0.0408. The molecule has 1 aliphatic carbocycles. The van der Waals surface area contributed by atoms with E-state index in [1.807, 2.05) is 42.5 Å². The van der Waals surface area contributed by atoms with Crippen LogP contribution in [0.25, 0.3) is 72.0 Å². The molecule has 0 fully saturated rings. The number of hydrogen-bond acceptors (Lipinski definition) is 4. The number of furan rings is 1. The zero-order valence-corrected chi connectivity index (χ0v) is 29.3. The van der Waals surface area contributed by atoms with Crippen molar-refractivity contribution in [1.82, 2.24) is 9.55 Å². The summed E-state index contributed by atoms with van der Waals surface area (Å²) in [5.41, 5.74) is 11.9.